The van der Waals surface area contributed by atoms with Gasteiger partial charge in [-0.25, -0.2) is 15.0 Å². The minimum absolute atomic E-state index is 0.578. The number of fused-ring (bicyclic) bond motifs is 8. The van der Waals surface area contributed by atoms with E-state index in [-0.39, 0.29) is 0 Å². The van der Waals surface area contributed by atoms with Gasteiger partial charge < -0.3 is 8.83 Å². The van der Waals surface area contributed by atoms with E-state index < -0.39 is 0 Å². The van der Waals surface area contributed by atoms with Crippen LogP contribution in [0.15, 0.2) is 173 Å². The van der Waals surface area contributed by atoms with Crippen molar-refractivity contribution in [1.82, 2.24) is 15.0 Å². The second kappa shape index (κ2) is 11.2. The third-order valence-corrected chi connectivity index (χ3v) is 10.1. The molecule has 0 atom stereocenters. The average Bonchev–Trinajstić information content (AvgIpc) is 3.78. The highest BCUT2D eigenvalue weighted by molar-refractivity contribution is 6.14. The van der Waals surface area contributed by atoms with Crippen LogP contribution in [0.4, 0.5) is 0 Å². The van der Waals surface area contributed by atoms with Crippen molar-refractivity contribution in [3.8, 4) is 45.3 Å². The smallest absolute Gasteiger partial charge is 0.164 e. The Bertz CT molecular complexity index is 3110. The number of benzene rings is 8. The van der Waals surface area contributed by atoms with Crippen molar-refractivity contribution in [2.75, 3.05) is 0 Å². The summed E-state index contributed by atoms with van der Waals surface area (Å²) in [7, 11) is 0. The van der Waals surface area contributed by atoms with E-state index >= 15 is 0 Å². The van der Waals surface area contributed by atoms with Gasteiger partial charge >= 0.3 is 0 Å². The van der Waals surface area contributed by atoms with E-state index in [1.165, 1.54) is 0 Å². The third kappa shape index (κ3) is 4.60. The quantitative estimate of drug-likeness (QED) is 0.187. The molecule has 5 heteroatoms. The highest BCUT2D eigenvalue weighted by atomic mass is 16.3. The summed E-state index contributed by atoms with van der Waals surface area (Å²) in [4.78, 5) is 15.6. The molecular formula is C47H27N3O2. The maximum absolute atomic E-state index is 6.56. The maximum atomic E-state index is 6.56. The van der Waals surface area contributed by atoms with Gasteiger partial charge in [0.15, 0.2) is 17.5 Å². The fourth-order valence-electron chi connectivity index (χ4n) is 7.51. The summed E-state index contributed by atoms with van der Waals surface area (Å²) < 4.78 is 12.7. The lowest BCUT2D eigenvalue weighted by Crippen LogP contribution is -2.01. The summed E-state index contributed by atoms with van der Waals surface area (Å²) >= 11 is 0. The minimum Gasteiger partial charge on any atom is -0.456 e. The standard InChI is InChI=1S/C47H27N3O2/c1-3-11-30-23-33(19-17-28(30)9-1)45-48-46(34-20-18-29-10-2-4-12-31(29)24-34)50-47(49-45)39-26-35(27-43-44(39)37-14-6-8-16-41(37)52-43)32-21-22-42-38(25-32)36-13-5-7-15-40(36)51-42/h1-27H. The zero-order valence-corrected chi connectivity index (χ0v) is 27.7. The van der Waals surface area contributed by atoms with Crippen LogP contribution in [-0.4, -0.2) is 15.0 Å². The molecule has 3 aromatic heterocycles. The first-order valence-electron chi connectivity index (χ1n) is 17.3. The zero-order valence-electron chi connectivity index (χ0n) is 27.7. The van der Waals surface area contributed by atoms with E-state index in [1.54, 1.807) is 0 Å². The molecule has 3 heterocycles. The molecule has 52 heavy (non-hydrogen) atoms. The van der Waals surface area contributed by atoms with Gasteiger partial charge in [0.2, 0.25) is 0 Å². The minimum atomic E-state index is 0.578. The Labute approximate surface area is 297 Å². The van der Waals surface area contributed by atoms with Crippen LogP contribution in [0.5, 0.6) is 0 Å². The Morgan fingerprint density at radius 1 is 0.308 bits per heavy atom. The second-order valence-electron chi connectivity index (χ2n) is 13.2. The van der Waals surface area contributed by atoms with Gasteiger partial charge in [0.25, 0.3) is 0 Å². The van der Waals surface area contributed by atoms with Gasteiger partial charge in [0, 0.05) is 38.2 Å². The molecule has 0 aliphatic heterocycles. The Hall–Kier alpha value is -7.11. The van der Waals surface area contributed by atoms with Crippen molar-refractivity contribution in [1.29, 1.82) is 0 Å². The summed E-state index contributed by atoms with van der Waals surface area (Å²) in [5.41, 5.74) is 8.06. The monoisotopic (exact) mass is 665 g/mol. The summed E-state index contributed by atoms with van der Waals surface area (Å²) in [5.74, 6) is 1.79. The van der Waals surface area contributed by atoms with Gasteiger partial charge in [0.05, 0.1) is 0 Å². The normalized spacial score (nSPS) is 11.8. The number of furan rings is 2. The van der Waals surface area contributed by atoms with Crippen LogP contribution in [0.25, 0.3) is 111 Å². The van der Waals surface area contributed by atoms with Crippen molar-refractivity contribution < 1.29 is 8.83 Å². The number of aromatic nitrogens is 3. The molecular weight excluding hydrogens is 639 g/mol. The Kier molecular flexibility index (Phi) is 6.18. The number of para-hydroxylation sites is 2. The number of hydrogen-bond acceptors (Lipinski definition) is 5. The number of rotatable bonds is 4. The van der Waals surface area contributed by atoms with Gasteiger partial charge in [0.1, 0.15) is 22.3 Å². The molecule has 0 amide bonds. The lowest BCUT2D eigenvalue weighted by atomic mass is 9.97. The fourth-order valence-corrected chi connectivity index (χ4v) is 7.51. The van der Waals surface area contributed by atoms with Crippen molar-refractivity contribution in [2.24, 2.45) is 0 Å². The van der Waals surface area contributed by atoms with E-state index in [9.17, 15) is 0 Å². The maximum Gasteiger partial charge on any atom is 0.164 e. The summed E-state index contributed by atoms with van der Waals surface area (Å²) in [6, 6.07) is 56.4. The van der Waals surface area contributed by atoms with Crippen LogP contribution in [0, 0.1) is 0 Å². The summed E-state index contributed by atoms with van der Waals surface area (Å²) in [6.45, 7) is 0. The average molecular weight is 666 g/mol. The van der Waals surface area contributed by atoms with Crippen LogP contribution in [0.1, 0.15) is 0 Å². The summed E-state index contributed by atoms with van der Waals surface area (Å²) in [5, 5.41) is 8.71. The lowest BCUT2D eigenvalue weighted by Gasteiger charge is -2.12. The number of nitrogens with zero attached hydrogens (tertiary/aromatic N) is 3. The van der Waals surface area contributed by atoms with Gasteiger partial charge in [-0.1, -0.05) is 115 Å². The van der Waals surface area contributed by atoms with Gasteiger partial charge in [-0.3, -0.25) is 0 Å². The van der Waals surface area contributed by atoms with Crippen molar-refractivity contribution in [2.45, 2.75) is 0 Å². The van der Waals surface area contributed by atoms with Crippen LogP contribution in [0.2, 0.25) is 0 Å². The first-order valence-corrected chi connectivity index (χ1v) is 17.3. The zero-order chi connectivity index (χ0) is 34.2. The molecule has 0 saturated carbocycles. The highest BCUT2D eigenvalue weighted by Gasteiger charge is 2.20. The molecule has 0 N–H and O–H groups in total. The lowest BCUT2D eigenvalue weighted by molar-refractivity contribution is 0.669. The topological polar surface area (TPSA) is 65.0 Å². The molecule has 8 aromatic carbocycles. The molecule has 0 bridgehead atoms. The number of hydrogen-bond donors (Lipinski definition) is 0. The third-order valence-electron chi connectivity index (χ3n) is 10.1. The van der Waals surface area contributed by atoms with Crippen LogP contribution in [0.3, 0.4) is 0 Å². The van der Waals surface area contributed by atoms with Crippen molar-refractivity contribution in [3.05, 3.63) is 164 Å². The fraction of sp³-hybridized carbons (Fsp3) is 0. The van der Waals surface area contributed by atoms with Gasteiger partial charge in [-0.05, 0) is 81.2 Å². The van der Waals surface area contributed by atoms with Crippen LogP contribution < -0.4 is 0 Å². The Balaban J connectivity index is 1.19. The molecule has 5 nitrogen and oxygen atoms in total. The second-order valence-corrected chi connectivity index (χ2v) is 13.2. The molecule has 242 valence electrons. The van der Waals surface area contributed by atoms with Crippen molar-refractivity contribution in [3.63, 3.8) is 0 Å². The predicted molar refractivity (Wildman–Crippen MR) is 211 cm³/mol. The summed E-state index contributed by atoms with van der Waals surface area (Å²) in [6.07, 6.45) is 0. The molecule has 0 saturated heterocycles. The van der Waals surface area contributed by atoms with E-state index in [0.717, 1.165) is 93.2 Å². The van der Waals surface area contributed by atoms with Gasteiger partial charge in [-0.15, -0.1) is 0 Å². The predicted octanol–water partition coefficient (Wildman–Crippen LogP) is 12.6. The SMILES string of the molecule is c1ccc2cc(-c3nc(-c4ccc5ccccc5c4)nc(-c4cc(-c5ccc6oc7ccccc7c6c5)cc5oc6ccccc6c45)n3)ccc2c1. The molecule has 0 fully saturated rings. The molecule has 0 radical (unpaired) electrons. The molecule has 0 unspecified atom stereocenters. The molecule has 0 spiro atoms. The van der Waals surface area contributed by atoms with E-state index in [4.69, 9.17) is 23.8 Å². The largest absolute Gasteiger partial charge is 0.456 e. The van der Waals surface area contributed by atoms with E-state index in [0.29, 0.717) is 17.5 Å². The van der Waals surface area contributed by atoms with E-state index in [1.807, 2.05) is 42.5 Å². The molecule has 0 aliphatic carbocycles. The first-order chi connectivity index (χ1) is 25.7. The van der Waals surface area contributed by atoms with E-state index in [2.05, 4.69) is 121 Å². The van der Waals surface area contributed by atoms with Crippen molar-refractivity contribution >= 4 is 65.4 Å². The Morgan fingerprint density at radius 3 is 1.52 bits per heavy atom. The van der Waals surface area contributed by atoms with Gasteiger partial charge in [-0.2, -0.15) is 0 Å². The molecule has 11 rings (SSSR count). The molecule has 11 aromatic rings. The molecule has 0 aliphatic rings. The van der Waals surface area contributed by atoms with Crippen LogP contribution >= 0.6 is 0 Å². The Morgan fingerprint density at radius 2 is 0.827 bits per heavy atom. The first kappa shape index (κ1) is 28.7. The highest BCUT2D eigenvalue weighted by Crippen LogP contribution is 2.41. The van der Waals surface area contributed by atoms with Crippen LogP contribution in [-0.2, 0) is 0 Å².